The maximum atomic E-state index is 12.1. The predicted octanol–water partition coefficient (Wildman–Crippen LogP) is -0.0369. The van der Waals surface area contributed by atoms with Gasteiger partial charge >= 0.3 is 0 Å². The minimum atomic E-state index is -0.602. The van der Waals surface area contributed by atoms with E-state index < -0.39 is 11.9 Å². The first kappa shape index (κ1) is 11.7. The summed E-state index contributed by atoms with van der Waals surface area (Å²) in [5.41, 5.74) is 7.83. The number of hydrogen-bond donors (Lipinski definition) is 2. The molecule has 1 fully saturated rings. The fraction of sp³-hybridized carbons (Fsp3) is 0.308. The minimum absolute atomic E-state index is 0.130. The van der Waals surface area contributed by atoms with Gasteiger partial charge < -0.3 is 5.73 Å². The molecular weight excluding hydrogens is 246 g/mol. The average Bonchev–Trinajstić information content (AvgIpc) is 2.65. The Balaban J connectivity index is 1.96. The molecule has 0 radical (unpaired) electrons. The highest BCUT2D eigenvalue weighted by atomic mass is 16.2. The van der Waals surface area contributed by atoms with Gasteiger partial charge in [0.15, 0.2) is 0 Å². The molecule has 1 aromatic carbocycles. The van der Waals surface area contributed by atoms with E-state index in [2.05, 4.69) is 5.32 Å². The first-order chi connectivity index (χ1) is 9.06. The molecule has 6 nitrogen and oxygen atoms in total. The second-order valence-electron chi connectivity index (χ2n) is 4.80. The topological polar surface area (TPSA) is 92.5 Å². The maximum absolute atomic E-state index is 12.1. The molecule has 2 heterocycles. The SMILES string of the molecule is Nc1ccc2c(c1)CC(=O)N2C1CCC(=O)NC1=O. The Hall–Kier alpha value is -2.37. The Kier molecular flexibility index (Phi) is 2.51. The van der Waals surface area contributed by atoms with E-state index in [1.807, 2.05) is 0 Å². The number of benzene rings is 1. The summed E-state index contributed by atoms with van der Waals surface area (Å²) in [5.74, 6) is -0.824. The molecule has 0 spiro atoms. The predicted molar refractivity (Wildman–Crippen MR) is 68.2 cm³/mol. The average molecular weight is 259 g/mol. The molecule has 1 unspecified atom stereocenters. The molecule has 6 heteroatoms. The van der Waals surface area contributed by atoms with E-state index in [4.69, 9.17) is 5.73 Å². The van der Waals surface area contributed by atoms with Gasteiger partial charge in [-0.05, 0) is 30.2 Å². The van der Waals surface area contributed by atoms with Gasteiger partial charge in [0.25, 0.3) is 0 Å². The lowest BCUT2D eigenvalue weighted by atomic mass is 10.0. The molecule has 3 rings (SSSR count). The van der Waals surface area contributed by atoms with Gasteiger partial charge in [0.2, 0.25) is 17.7 Å². The first-order valence-corrected chi connectivity index (χ1v) is 6.10. The maximum Gasteiger partial charge on any atom is 0.249 e. The van der Waals surface area contributed by atoms with Crippen LogP contribution in [-0.2, 0) is 20.8 Å². The Morgan fingerprint density at radius 3 is 2.79 bits per heavy atom. The number of nitrogens with one attached hydrogen (secondary N) is 1. The van der Waals surface area contributed by atoms with Gasteiger partial charge in [-0.3, -0.25) is 24.6 Å². The Morgan fingerprint density at radius 1 is 1.26 bits per heavy atom. The van der Waals surface area contributed by atoms with Crippen molar-refractivity contribution in [2.75, 3.05) is 10.6 Å². The van der Waals surface area contributed by atoms with Crippen LogP contribution in [0, 0.1) is 0 Å². The lowest BCUT2D eigenvalue weighted by Gasteiger charge is -2.30. The summed E-state index contributed by atoms with van der Waals surface area (Å²) < 4.78 is 0. The lowest BCUT2D eigenvalue weighted by molar-refractivity contribution is -0.135. The number of carbonyl (C=O) groups is 3. The van der Waals surface area contributed by atoms with Crippen molar-refractivity contribution < 1.29 is 14.4 Å². The number of hydrogen-bond acceptors (Lipinski definition) is 4. The van der Waals surface area contributed by atoms with E-state index in [1.165, 1.54) is 4.90 Å². The Morgan fingerprint density at radius 2 is 2.05 bits per heavy atom. The number of carbonyl (C=O) groups excluding carboxylic acids is 3. The van der Waals surface area contributed by atoms with Crippen LogP contribution in [-0.4, -0.2) is 23.8 Å². The number of amides is 3. The van der Waals surface area contributed by atoms with E-state index in [1.54, 1.807) is 18.2 Å². The van der Waals surface area contributed by atoms with Crippen molar-refractivity contribution in [3.8, 4) is 0 Å². The molecule has 1 saturated heterocycles. The summed E-state index contributed by atoms with van der Waals surface area (Å²) in [5, 5.41) is 2.27. The minimum Gasteiger partial charge on any atom is -0.399 e. The molecule has 3 N–H and O–H groups in total. The van der Waals surface area contributed by atoms with Crippen LogP contribution in [0.15, 0.2) is 18.2 Å². The van der Waals surface area contributed by atoms with Gasteiger partial charge in [-0.2, -0.15) is 0 Å². The van der Waals surface area contributed by atoms with Crippen molar-refractivity contribution in [1.82, 2.24) is 5.32 Å². The van der Waals surface area contributed by atoms with Crippen LogP contribution in [0.4, 0.5) is 11.4 Å². The molecule has 0 saturated carbocycles. The monoisotopic (exact) mass is 259 g/mol. The standard InChI is InChI=1S/C13H13N3O3/c14-8-1-2-9-7(5-8)6-12(18)16(9)10-3-4-11(17)15-13(10)19/h1-2,5,10H,3-4,6,14H2,(H,15,17,19). The molecule has 98 valence electrons. The number of nitrogens with two attached hydrogens (primary N) is 1. The second kappa shape index (κ2) is 4.08. The van der Waals surface area contributed by atoms with Gasteiger partial charge in [0, 0.05) is 17.8 Å². The van der Waals surface area contributed by atoms with Crippen molar-refractivity contribution in [1.29, 1.82) is 0 Å². The normalized spacial score (nSPS) is 22.4. The number of piperidine rings is 1. The zero-order chi connectivity index (χ0) is 13.6. The van der Waals surface area contributed by atoms with Crippen LogP contribution < -0.4 is 16.0 Å². The summed E-state index contributed by atoms with van der Waals surface area (Å²) in [4.78, 5) is 36.6. The summed E-state index contributed by atoms with van der Waals surface area (Å²) in [7, 11) is 0. The highest BCUT2D eigenvalue weighted by Crippen LogP contribution is 2.33. The van der Waals surface area contributed by atoms with Crippen molar-refractivity contribution in [2.45, 2.75) is 25.3 Å². The highest BCUT2D eigenvalue weighted by molar-refractivity contribution is 6.10. The molecule has 0 aromatic heterocycles. The molecule has 2 aliphatic heterocycles. The summed E-state index contributed by atoms with van der Waals surface area (Å²) in [6.07, 6.45) is 0.864. The summed E-state index contributed by atoms with van der Waals surface area (Å²) in [6, 6.07) is 4.60. The Bertz CT molecular complexity index is 597. The number of nitrogen functional groups attached to an aromatic ring is 1. The smallest absolute Gasteiger partial charge is 0.249 e. The van der Waals surface area contributed by atoms with Crippen LogP contribution in [0.25, 0.3) is 0 Å². The van der Waals surface area contributed by atoms with Crippen LogP contribution in [0.3, 0.4) is 0 Å². The fourth-order valence-corrected chi connectivity index (χ4v) is 2.63. The number of rotatable bonds is 1. The third-order valence-electron chi connectivity index (χ3n) is 3.50. The van der Waals surface area contributed by atoms with Gasteiger partial charge in [-0.15, -0.1) is 0 Å². The van der Waals surface area contributed by atoms with Gasteiger partial charge in [0.05, 0.1) is 6.42 Å². The third-order valence-corrected chi connectivity index (χ3v) is 3.50. The fourth-order valence-electron chi connectivity index (χ4n) is 2.63. The second-order valence-corrected chi connectivity index (χ2v) is 4.80. The number of fused-ring (bicyclic) bond motifs is 1. The quantitative estimate of drug-likeness (QED) is 0.547. The largest absolute Gasteiger partial charge is 0.399 e. The molecule has 1 aromatic rings. The molecular formula is C13H13N3O3. The lowest BCUT2D eigenvalue weighted by Crippen LogP contribution is -2.53. The van der Waals surface area contributed by atoms with E-state index >= 15 is 0 Å². The summed E-state index contributed by atoms with van der Waals surface area (Å²) >= 11 is 0. The molecule has 1 atom stereocenters. The van der Waals surface area contributed by atoms with Crippen molar-refractivity contribution >= 4 is 29.1 Å². The first-order valence-electron chi connectivity index (χ1n) is 6.10. The highest BCUT2D eigenvalue weighted by Gasteiger charge is 2.39. The van der Waals surface area contributed by atoms with E-state index in [0.717, 1.165) is 5.56 Å². The van der Waals surface area contributed by atoms with E-state index in [-0.39, 0.29) is 24.7 Å². The zero-order valence-corrected chi connectivity index (χ0v) is 10.2. The van der Waals surface area contributed by atoms with Gasteiger partial charge in [-0.1, -0.05) is 0 Å². The van der Waals surface area contributed by atoms with Crippen LogP contribution in [0.1, 0.15) is 18.4 Å². The van der Waals surface area contributed by atoms with Crippen LogP contribution in [0.2, 0.25) is 0 Å². The van der Waals surface area contributed by atoms with Crippen molar-refractivity contribution in [3.63, 3.8) is 0 Å². The number of imide groups is 1. The van der Waals surface area contributed by atoms with Crippen LogP contribution >= 0.6 is 0 Å². The molecule has 19 heavy (non-hydrogen) atoms. The number of anilines is 2. The summed E-state index contributed by atoms with van der Waals surface area (Å²) in [6.45, 7) is 0. The van der Waals surface area contributed by atoms with Crippen LogP contribution in [0.5, 0.6) is 0 Å². The van der Waals surface area contributed by atoms with E-state index in [9.17, 15) is 14.4 Å². The molecule has 0 aliphatic carbocycles. The zero-order valence-electron chi connectivity index (χ0n) is 10.2. The molecule has 0 bridgehead atoms. The molecule has 2 aliphatic rings. The van der Waals surface area contributed by atoms with Crippen molar-refractivity contribution in [3.05, 3.63) is 23.8 Å². The van der Waals surface area contributed by atoms with Gasteiger partial charge in [0.1, 0.15) is 6.04 Å². The molecule has 3 amide bonds. The van der Waals surface area contributed by atoms with Gasteiger partial charge in [-0.25, -0.2) is 0 Å². The Labute approximate surface area is 109 Å². The van der Waals surface area contributed by atoms with Crippen molar-refractivity contribution in [2.24, 2.45) is 0 Å². The third kappa shape index (κ3) is 1.85. The number of nitrogens with zero attached hydrogens (tertiary/aromatic N) is 1. The van der Waals surface area contributed by atoms with E-state index in [0.29, 0.717) is 17.8 Å².